The van der Waals surface area contributed by atoms with Gasteiger partial charge >= 0.3 is 26.5 Å². The Morgan fingerprint density at radius 3 is 1.20 bits per heavy atom. The SMILES string of the molecule is CCCCCCCCCCCCCCCCCC(=O)OCC(O)CO.O=C(O)CCSCCC(=O)O.OCC(CO)(CO)CO.OP(O)O. The molecule has 0 bridgehead atoms. The molecule has 49 heavy (non-hydrogen) atoms. The topological polar surface area (TPSA) is 283 Å². The molecule has 0 aliphatic rings. The summed E-state index contributed by atoms with van der Waals surface area (Å²) in [5.74, 6) is -0.978. The van der Waals surface area contributed by atoms with Crippen LogP contribution in [0.3, 0.4) is 0 Å². The summed E-state index contributed by atoms with van der Waals surface area (Å²) in [6.07, 6.45) is 19.2. The van der Waals surface area contributed by atoms with E-state index in [-0.39, 0.29) is 32.0 Å². The van der Waals surface area contributed by atoms with Crippen molar-refractivity contribution in [2.24, 2.45) is 5.41 Å². The number of carboxylic acid groups (broad SMARTS) is 2. The number of aliphatic carboxylic acids is 2. The molecule has 0 heterocycles. The van der Waals surface area contributed by atoms with Crippen LogP contribution in [-0.4, -0.2) is 131 Å². The van der Waals surface area contributed by atoms with Crippen LogP contribution in [0.1, 0.15) is 122 Å². The molecular formula is C32H67O15PS. The molecule has 11 N–H and O–H groups in total. The van der Waals surface area contributed by atoms with Crippen LogP contribution >= 0.6 is 20.4 Å². The molecule has 0 aromatic carbocycles. The molecule has 0 amide bonds. The third kappa shape index (κ3) is 51.3. The number of aliphatic hydroxyl groups excluding tert-OH is 6. The molecular weight excluding hydrogens is 687 g/mol. The number of ether oxygens (including phenoxy) is 1. The molecule has 0 saturated carbocycles. The van der Waals surface area contributed by atoms with Crippen molar-refractivity contribution in [3.63, 3.8) is 0 Å². The van der Waals surface area contributed by atoms with Gasteiger partial charge in [0.2, 0.25) is 0 Å². The third-order valence-electron chi connectivity index (χ3n) is 6.89. The highest BCUT2D eigenvalue weighted by Gasteiger charge is 2.26. The monoisotopic (exact) mass is 754 g/mol. The summed E-state index contributed by atoms with van der Waals surface area (Å²) in [6, 6.07) is 0. The summed E-state index contributed by atoms with van der Waals surface area (Å²) < 4.78 is 4.86. The van der Waals surface area contributed by atoms with Crippen LogP contribution in [0.5, 0.6) is 0 Å². The quantitative estimate of drug-likeness (QED) is 0.0297. The van der Waals surface area contributed by atoms with Gasteiger partial charge in [-0.15, -0.1) is 0 Å². The zero-order chi connectivity index (χ0) is 38.2. The van der Waals surface area contributed by atoms with Crippen LogP contribution < -0.4 is 0 Å². The normalized spacial score (nSPS) is 11.3. The zero-order valence-corrected chi connectivity index (χ0v) is 31.1. The molecule has 0 aliphatic heterocycles. The zero-order valence-electron chi connectivity index (χ0n) is 29.4. The predicted molar refractivity (Wildman–Crippen MR) is 190 cm³/mol. The van der Waals surface area contributed by atoms with E-state index in [2.05, 4.69) is 6.92 Å². The van der Waals surface area contributed by atoms with Gasteiger partial charge in [0.1, 0.15) is 12.7 Å². The lowest BCUT2D eigenvalue weighted by molar-refractivity contribution is -0.147. The van der Waals surface area contributed by atoms with Gasteiger partial charge in [0, 0.05) is 17.9 Å². The fourth-order valence-electron chi connectivity index (χ4n) is 3.68. The van der Waals surface area contributed by atoms with Gasteiger partial charge in [-0.1, -0.05) is 96.8 Å². The minimum atomic E-state index is -2.62. The van der Waals surface area contributed by atoms with Gasteiger partial charge in [-0.25, -0.2) is 0 Å². The standard InChI is InChI=1S/C21H42O4.C6H10O4S.C5H12O4.H3O3P/c1-2-3-4-5-6-7-8-9-10-11-12-13-14-15-16-17-21(24)25-19-20(23)18-22;7-5(8)1-3-11-4-2-6(9)10;6-1-5(2-7,3-8)4-9;1-4(2)3/h20,22-23H,2-19H2,1H3;1-4H2,(H,7,8)(H,9,10);6-9H,1-4H2;1-3H. The summed E-state index contributed by atoms with van der Waals surface area (Å²) in [4.78, 5) is 53.0. The van der Waals surface area contributed by atoms with Gasteiger partial charge in [-0.3, -0.25) is 14.4 Å². The van der Waals surface area contributed by atoms with E-state index in [1.54, 1.807) is 0 Å². The van der Waals surface area contributed by atoms with Crippen LogP contribution in [0.25, 0.3) is 0 Å². The van der Waals surface area contributed by atoms with Gasteiger partial charge < -0.3 is 60.3 Å². The Kier molecular flexibility index (Phi) is 47.9. The molecule has 15 nitrogen and oxygen atoms in total. The summed E-state index contributed by atoms with van der Waals surface area (Å²) in [7, 11) is -2.62. The maximum atomic E-state index is 11.4. The molecule has 0 spiro atoms. The minimum Gasteiger partial charge on any atom is -0.481 e. The second-order valence-corrected chi connectivity index (χ2v) is 13.3. The average molecular weight is 755 g/mol. The second-order valence-electron chi connectivity index (χ2n) is 11.5. The summed E-state index contributed by atoms with van der Waals surface area (Å²) in [5.41, 5.74) is -1.11. The van der Waals surface area contributed by atoms with Crippen LogP contribution in [-0.2, 0) is 19.1 Å². The van der Waals surface area contributed by atoms with Crippen molar-refractivity contribution in [3.8, 4) is 0 Å². The van der Waals surface area contributed by atoms with Gasteiger partial charge in [0.15, 0.2) is 0 Å². The molecule has 0 aromatic rings. The van der Waals surface area contributed by atoms with E-state index in [9.17, 15) is 14.4 Å². The van der Waals surface area contributed by atoms with E-state index in [0.29, 0.717) is 17.9 Å². The van der Waals surface area contributed by atoms with Crippen LogP contribution in [0.2, 0.25) is 0 Å². The number of carbonyl (C=O) groups is 3. The van der Waals surface area contributed by atoms with Crippen LogP contribution in [0, 0.1) is 5.41 Å². The van der Waals surface area contributed by atoms with Gasteiger partial charge in [0.25, 0.3) is 0 Å². The number of rotatable bonds is 29. The maximum absolute atomic E-state index is 11.4. The summed E-state index contributed by atoms with van der Waals surface area (Å²) in [6.45, 7) is 0.168. The Labute approximate surface area is 297 Å². The highest BCUT2D eigenvalue weighted by molar-refractivity contribution is 7.99. The number of carbonyl (C=O) groups excluding carboxylic acids is 1. The summed E-state index contributed by atoms with van der Waals surface area (Å²) in [5, 5.41) is 68.1. The van der Waals surface area contributed by atoms with Crippen molar-refractivity contribution in [2.45, 2.75) is 129 Å². The molecule has 1 atom stereocenters. The van der Waals surface area contributed by atoms with Crippen molar-refractivity contribution >= 4 is 38.3 Å². The molecule has 0 fully saturated rings. The largest absolute Gasteiger partial charge is 0.481 e. The molecule has 0 aliphatic carbocycles. The molecule has 296 valence electrons. The van der Waals surface area contributed by atoms with Crippen LogP contribution in [0.15, 0.2) is 0 Å². The highest BCUT2D eigenvalue weighted by Crippen LogP contribution is 2.14. The lowest BCUT2D eigenvalue weighted by Gasteiger charge is -2.23. The van der Waals surface area contributed by atoms with E-state index in [1.807, 2.05) is 0 Å². The number of thioether (sulfide) groups is 1. The Morgan fingerprint density at radius 1 is 0.612 bits per heavy atom. The van der Waals surface area contributed by atoms with E-state index >= 15 is 0 Å². The Balaban J connectivity index is -0.000000344. The van der Waals surface area contributed by atoms with E-state index in [1.165, 1.54) is 95.2 Å². The average Bonchev–Trinajstić information content (AvgIpc) is 3.06. The minimum absolute atomic E-state index is 0.101. The molecule has 0 rings (SSSR count). The Morgan fingerprint density at radius 2 is 0.939 bits per heavy atom. The van der Waals surface area contributed by atoms with Crippen molar-refractivity contribution < 1.29 is 74.7 Å². The molecule has 0 aromatic heterocycles. The lowest BCUT2D eigenvalue weighted by Crippen LogP contribution is -2.37. The maximum Gasteiger partial charge on any atom is 0.324 e. The second kappa shape index (κ2) is 43.0. The first kappa shape index (κ1) is 54.6. The molecule has 17 heteroatoms. The smallest absolute Gasteiger partial charge is 0.324 e. The number of aliphatic hydroxyl groups is 6. The number of hydrogen-bond donors (Lipinski definition) is 11. The molecule has 0 saturated heterocycles. The first-order valence-electron chi connectivity index (χ1n) is 17.1. The Bertz CT molecular complexity index is 680. The third-order valence-corrected chi connectivity index (χ3v) is 7.88. The highest BCUT2D eigenvalue weighted by atomic mass is 32.2. The van der Waals surface area contributed by atoms with Crippen molar-refractivity contribution in [2.75, 3.05) is 51.1 Å². The summed E-state index contributed by atoms with van der Waals surface area (Å²) >= 11 is 1.35. The first-order valence-corrected chi connectivity index (χ1v) is 19.4. The molecule has 0 radical (unpaired) electrons. The number of esters is 1. The first-order chi connectivity index (χ1) is 23.3. The van der Waals surface area contributed by atoms with Gasteiger partial charge in [-0.2, -0.15) is 11.8 Å². The van der Waals surface area contributed by atoms with Gasteiger partial charge in [0.05, 0.1) is 51.3 Å². The molecule has 1 unspecified atom stereocenters. The van der Waals surface area contributed by atoms with E-state index in [0.717, 1.165) is 12.8 Å². The fourth-order valence-corrected chi connectivity index (χ4v) is 4.52. The Hall–Kier alpha value is -1.17. The van der Waals surface area contributed by atoms with E-state index < -0.39 is 58.5 Å². The van der Waals surface area contributed by atoms with Crippen molar-refractivity contribution in [1.82, 2.24) is 0 Å². The number of carboxylic acids is 2. The predicted octanol–water partition coefficient (Wildman–Crippen LogP) is 2.95. The van der Waals surface area contributed by atoms with Crippen molar-refractivity contribution in [3.05, 3.63) is 0 Å². The number of hydrogen-bond acceptors (Lipinski definition) is 14. The van der Waals surface area contributed by atoms with Crippen LogP contribution in [0.4, 0.5) is 0 Å². The van der Waals surface area contributed by atoms with E-state index in [4.69, 9.17) is 60.3 Å². The lowest BCUT2D eigenvalue weighted by atomic mass is 9.93. The van der Waals surface area contributed by atoms with Crippen molar-refractivity contribution in [1.29, 1.82) is 0 Å². The van der Waals surface area contributed by atoms with Gasteiger partial charge in [-0.05, 0) is 6.42 Å². The fraction of sp³-hybridized carbons (Fsp3) is 0.906. The number of unbranched alkanes of at least 4 members (excludes halogenated alkanes) is 14.